The predicted molar refractivity (Wildman–Crippen MR) is 115 cm³/mol. The lowest BCUT2D eigenvalue weighted by atomic mass is 10.1. The van der Waals surface area contributed by atoms with Gasteiger partial charge in [0.15, 0.2) is 12.4 Å². The number of thioether (sulfide) groups is 1. The Morgan fingerprint density at radius 3 is 2.87 bits per heavy atom. The fraction of sp³-hybridized carbons (Fsp3) is 0.273. The second-order valence-corrected chi connectivity index (χ2v) is 8.42. The standard InChI is InChI=1S/C22H20N4O3S/c1-25-21(28)17-7-2-3-8-18(17)26-19(23-24-22(25)26)12-29-20(27)13-30-16-10-9-14-5-4-6-15(14)11-16/h2-3,7-11H,4-6,12-13H2,1H3. The third-order valence-electron chi connectivity index (χ3n) is 5.48. The van der Waals surface area contributed by atoms with Crippen LogP contribution in [0.5, 0.6) is 0 Å². The van der Waals surface area contributed by atoms with Crippen LogP contribution in [0.4, 0.5) is 0 Å². The molecule has 0 fully saturated rings. The van der Waals surface area contributed by atoms with Gasteiger partial charge < -0.3 is 4.74 Å². The Kier molecular flexibility index (Phi) is 4.78. The van der Waals surface area contributed by atoms with E-state index in [1.807, 2.05) is 18.2 Å². The maximum atomic E-state index is 12.5. The van der Waals surface area contributed by atoms with Crippen LogP contribution in [0.2, 0.25) is 0 Å². The van der Waals surface area contributed by atoms with Gasteiger partial charge in [0.25, 0.3) is 5.56 Å². The molecule has 0 amide bonds. The molecule has 7 nitrogen and oxygen atoms in total. The summed E-state index contributed by atoms with van der Waals surface area (Å²) in [6.07, 6.45) is 3.47. The lowest BCUT2D eigenvalue weighted by Gasteiger charge is -2.08. The zero-order chi connectivity index (χ0) is 20.7. The number of hydrogen-bond donors (Lipinski definition) is 0. The van der Waals surface area contributed by atoms with Crippen LogP contribution >= 0.6 is 11.8 Å². The van der Waals surface area contributed by atoms with Crippen molar-refractivity contribution in [3.05, 3.63) is 69.8 Å². The number of para-hydroxylation sites is 1. The molecule has 2 aromatic heterocycles. The monoisotopic (exact) mass is 420 g/mol. The second-order valence-electron chi connectivity index (χ2n) is 7.37. The molecule has 8 heteroatoms. The average Bonchev–Trinajstić information content (AvgIpc) is 3.41. The van der Waals surface area contributed by atoms with Crippen LogP contribution in [0.15, 0.2) is 52.2 Å². The van der Waals surface area contributed by atoms with Crippen molar-refractivity contribution in [3.63, 3.8) is 0 Å². The molecule has 0 unspecified atom stereocenters. The van der Waals surface area contributed by atoms with Gasteiger partial charge in [0.2, 0.25) is 5.78 Å². The minimum Gasteiger partial charge on any atom is -0.457 e. The van der Waals surface area contributed by atoms with Crippen molar-refractivity contribution in [2.75, 3.05) is 5.75 Å². The van der Waals surface area contributed by atoms with Crippen molar-refractivity contribution in [1.29, 1.82) is 0 Å². The first-order chi connectivity index (χ1) is 14.6. The van der Waals surface area contributed by atoms with E-state index in [4.69, 9.17) is 4.74 Å². The van der Waals surface area contributed by atoms with Gasteiger partial charge in [-0.25, -0.2) is 0 Å². The number of hydrogen-bond acceptors (Lipinski definition) is 6. The molecule has 0 saturated carbocycles. The molecular formula is C22H20N4O3S. The van der Waals surface area contributed by atoms with Crippen LogP contribution < -0.4 is 5.56 Å². The van der Waals surface area contributed by atoms with Gasteiger partial charge >= 0.3 is 5.97 Å². The van der Waals surface area contributed by atoms with E-state index in [2.05, 4.69) is 28.4 Å². The largest absolute Gasteiger partial charge is 0.457 e. The summed E-state index contributed by atoms with van der Waals surface area (Å²) in [5, 5.41) is 8.82. The van der Waals surface area contributed by atoms with Crippen molar-refractivity contribution >= 4 is 34.4 Å². The molecule has 2 heterocycles. The van der Waals surface area contributed by atoms with Crippen molar-refractivity contribution in [2.24, 2.45) is 7.05 Å². The van der Waals surface area contributed by atoms with Crippen molar-refractivity contribution in [2.45, 2.75) is 30.8 Å². The summed E-state index contributed by atoms with van der Waals surface area (Å²) in [7, 11) is 1.65. The number of nitrogens with zero attached hydrogens (tertiary/aromatic N) is 4. The number of rotatable bonds is 5. The van der Waals surface area contributed by atoms with Gasteiger partial charge in [-0.2, -0.15) is 0 Å². The molecule has 30 heavy (non-hydrogen) atoms. The quantitative estimate of drug-likeness (QED) is 0.365. The van der Waals surface area contributed by atoms with E-state index in [1.54, 1.807) is 17.5 Å². The van der Waals surface area contributed by atoms with Gasteiger partial charge in [-0.15, -0.1) is 22.0 Å². The molecule has 0 saturated heterocycles. The highest BCUT2D eigenvalue weighted by molar-refractivity contribution is 8.00. The van der Waals surface area contributed by atoms with E-state index in [9.17, 15) is 9.59 Å². The van der Waals surface area contributed by atoms with Crippen LogP contribution in [0.25, 0.3) is 16.7 Å². The number of esters is 1. The molecule has 1 aliphatic rings. The van der Waals surface area contributed by atoms with E-state index >= 15 is 0 Å². The number of fused-ring (bicyclic) bond motifs is 4. The summed E-state index contributed by atoms with van der Waals surface area (Å²) in [6, 6.07) is 13.7. The molecule has 4 aromatic rings. The van der Waals surface area contributed by atoms with E-state index in [0.717, 1.165) is 17.7 Å². The molecule has 152 valence electrons. The SMILES string of the molecule is Cn1c(=O)c2ccccc2n2c(COC(=O)CSc3ccc4c(c3)CCC4)nnc12. The Bertz CT molecular complexity index is 1340. The predicted octanol–water partition coefficient (Wildman–Crippen LogP) is 2.91. The average molecular weight is 420 g/mol. The zero-order valence-electron chi connectivity index (χ0n) is 16.5. The lowest BCUT2D eigenvalue weighted by molar-refractivity contribution is -0.141. The minimum absolute atomic E-state index is 0.00700. The third kappa shape index (κ3) is 3.27. The molecule has 0 radical (unpaired) electrons. The fourth-order valence-electron chi connectivity index (χ4n) is 3.95. The van der Waals surface area contributed by atoms with Gasteiger partial charge in [-0.3, -0.25) is 18.6 Å². The van der Waals surface area contributed by atoms with E-state index in [1.165, 1.54) is 33.9 Å². The first-order valence-corrected chi connectivity index (χ1v) is 10.8. The summed E-state index contributed by atoms with van der Waals surface area (Å²) in [6.45, 7) is -0.00700. The van der Waals surface area contributed by atoms with Crippen LogP contribution in [0.1, 0.15) is 23.4 Å². The summed E-state index contributed by atoms with van der Waals surface area (Å²) in [5.41, 5.74) is 3.36. The number of aryl methyl sites for hydroxylation is 3. The topological polar surface area (TPSA) is 78.5 Å². The Morgan fingerprint density at radius 2 is 1.97 bits per heavy atom. The molecule has 1 aliphatic carbocycles. The summed E-state index contributed by atoms with van der Waals surface area (Å²) >= 11 is 1.48. The first kappa shape index (κ1) is 18.9. The van der Waals surface area contributed by atoms with Crippen LogP contribution in [-0.4, -0.2) is 30.9 Å². The van der Waals surface area contributed by atoms with Crippen LogP contribution in [0.3, 0.4) is 0 Å². The summed E-state index contributed by atoms with van der Waals surface area (Å²) in [4.78, 5) is 25.9. The highest BCUT2D eigenvalue weighted by Gasteiger charge is 2.16. The minimum atomic E-state index is -0.314. The zero-order valence-corrected chi connectivity index (χ0v) is 17.3. The Hall–Kier alpha value is -3.13. The maximum Gasteiger partial charge on any atom is 0.316 e. The Labute approximate surface area is 176 Å². The van der Waals surface area contributed by atoms with Gasteiger partial charge in [0.1, 0.15) is 0 Å². The molecule has 0 bridgehead atoms. The molecule has 0 spiro atoms. The van der Waals surface area contributed by atoms with Crippen LogP contribution in [-0.2, 0) is 36.0 Å². The fourth-order valence-corrected chi connectivity index (χ4v) is 4.71. The normalized spacial score (nSPS) is 13.1. The lowest BCUT2D eigenvalue weighted by Crippen LogP contribution is -2.20. The Morgan fingerprint density at radius 1 is 1.13 bits per heavy atom. The molecule has 2 aromatic carbocycles. The maximum absolute atomic E-state index is 12.5. The summed E-state index contributed by atoms with van der Waals surface area (Å²) in [5.74, 6) is 0.811. The van der Waals surface area contributed by atoms with Gasteiger partial charge in [-0.05, 0) is 54.7 Å². The highest BCUT2D eigenvalue weighted by atomic mass is 32.2. The second kappa shape index (κ2) is 7.60. The van der Waals surface area contributed by atoms with Crippen molar-refractivity contribution in [1.82, 2.24) is 19.2 Å². The van der Waals surface area contributed by atoms with Gasteiger partial charge in [0.05, 0.1) is 16.7 Å². The molecular weight excluding hydrogens is 400 g/mol. The third-order valence-corrected chi connectivity index (χ3v) is 6.45. The Balaban J connectivity index is 1.32. The molecule has 0 atom stereocenters. The summed E-state index contributed by atoms with van der Waals surface area (Å²) < 4.78 is 8.67. The smallest absolute Gasteiger partial charge is 0.316 e. The van der Waals surface area contributed by atoms with Gasteiger partial charge in [0, 0.05) is 11.9 Å². The van der Waals surface area contributed by atoms with Crippen molar-refractivity contribution < 1.29 is 9.53 Å². The van der Waals surface area contributed by atoms with E-state index in [0.29, 0.717) is 22.5 Å². The van der Waals surface area contributed by atoms with E-state index in [-0.39, 0.29) is 23.9 Å². The number of carbonyl (C=O) groups excluding carboxylic acids is 1. The number of benzene rings is 2. The number of ether oxygens (including phenoxy) is 1. The molecule has 5 rings (SSSR count). The van der Waals surface area contributed by atoms with Gasteiger partial charge in [-0.1, -0.05) is 18.2 Å². The molecule has 0 N–H and O–H groups in total. The van der Waals surface area contributed by atoms with Crippen LogP contribution in [0, 0.1) is 0 Å². The van der Waals surface area contributed by atoms with Crippen molar-refractivity contribution in [3.8, 4) is 0 Å². The van der Waals surface area contributed by atoms with E-state index < -0.39 is 0 Å². The highest BCUT2D eigenvalue weighted by Crippen LogP contribution is 2.27. The number of carbonyl (C=O) groups is 1. The number of aromatic nitrogens is 4. The molecule has 0 aliphatic heterocycles. The first-order valence-electron chi connectivity index (χ1n) is 9.84.